The van der Waals surface area contributed by atoms with Crippen LogP contribution < -0.4 is 5.32 Å². The van der Waals surface area contributed by atoms with Gasteiger partial charge in [0.2, 0.25) is 0 Å². The van der Waals surface area contributed by atoms with Crippen LogP contribution >= 0.6 is 0 Å². The van der Waals surface area contributed by atoms with E-state index < -0.39 is 0 Å². The quantitative estimate of drug-likeness (QED) is 0.705. The van der Waals surface area contributed by atoms with Gasteiger partial charge in [-0.15, -0.1) is 0 Å². The second-order valence-corrected chi connectivity index (χ2v) is 5.95. The molecule has 0 amide bonds. The summed E-state index contributed by atoms with van der Waals surface area (Å²) in [6.45, 7) is 8.95. The van der Waals surface area contributed by atoms with Crippen LogP contribution in [0, 0.1) is 0 Å². The number of hydrogen-bond donors (Lipinski definition) is 1. The van der Waals surface area contributed by atoms with E-state index in [0.717, 1.165) is 19.5 Å². The molecule has 0 aliphatic heterocycles. The monoisotopic (exact) mass is 269 g/mol. The molecular formula is C19H27N. The van der Waals surface area contributed by atoms with Gasteiger partial charge in [-0.2, -0.15) is 0 Å². The highest BCUT2D eigenvalue weighted by Crippen LogP contribution is 2.22. The van der Waals surface area contributed by atoms with Crippen LogP contribution in [0.4, 0.5) is 0 Å². The molecule has 0 fully saturated rings. The van der Waals surface area contributed by atoms with Crippen LogP contribution in [0.3, 0.4) is 0 Å². The maximum Gasteiger partial charge on any atom is -0.000835 e. The third-order valence-corrected chi connectivity index (χ3v) is 3.89. The number of benzene rings is 2. The lowest BCUT2D eigenvalue weighted by Gasteiger charge is -2.09. The van der Waals surface area contributed by atoms with Crippen molar-refractivity contribution < 1.29 is 0 Å². The van der Waals surface area contributed by atoms with Crippen LogP contribution in [0.5, 0.6) is 0 Å². The van der Waals surface area contributed by atoms with Gasteiger partial charge in [0, 0.05) is 0 Å². The van der Waals surface area contributed by atoms with Gasteiger partial charge in [-0.25, -0.2) is 0 Å². The van der Waals surface area contributed by atoms with Crippen molar-refractivity contribution in [3.63, 3.8) is 0 Å². The van der Waals surface area contributed by atoms with E-state index in [0.29, 0.717) is 5.92 Å². The van der Waals surface area contributed by atoms with Gasteiger partial charge in [0.25, 0.3) is 0 Å². The van der Waals surface area contributed by atoms with Crippen molar-refractivity contribution in [2.24, 2.45) is 0 Å². The summed E-state index contributed by atoms with van der Waals surface area (Å²) in [6, 6.07) is 13.7. The molecule has 0 bridgehead atoms. The molecule has 0 atom stereocenters. The molecule has 2 aromatic carbocycles. The molecule has 0 aliphatic carbocycles. The van der Waals surface area contributed by atoms with Gasteiger partial charge in [-0.05, 0) is 53.7 Å². The Morgan fingerprint density at radius 3 is 2.45 bits per heavy atom. The Balaban J connectivity index is 2.00. The SMILES string of the molecule is CCCCNCCc1ccc2cc(C(C)C)ccc2c1. The third-order valence-electron chi connectivity index (χ3n) is 3.89. The zero-order valence-electron chi connectivity index (χ0n) is 13.1. The second kappa shape index (κ2) is 7.44. The number of nitrogens with one attached hydrogen (secondary N) is 1. The topological polar surface area (TPSA) is 12.0 Å². The van der Waals surface area contributed by atoms with Gasteiger partial charge >= 0.3 is 0 Å². The van der Waals surface area contributed by atoms with Crippen molar-refractivity contribution in [2.75, 3.05) is 13.1 Å². The first-order valence-electron chi connectivity index (χ1n) is 7.94. The molecule has 0 saturated carbocycles. The first-order chi connectivity index (χ1) is 9.70. The molecule has 1 nitrogen and oxygen atoms in total. The highest BCUT2D eigenvalue weighted by Gasteiger charge is 2.02. The predicted molar refractivity (Wildman–Crippen MR) is 89.5 cm³/mol. The minimum absolute atomic E-state index is 0.599. The van der Waals surface area contributed by atoms with E-state index in [1.807, 2.05) is 0 Å². The summed E-state index contributed by atoms with van der Waals surface area (Å²) in [4.78, 5) is 0. The lowest BCUT2D eigenvalue weighted by molar-refractivity contribution is 0.640. The minimum atomic E-state index is 0.599. The van der Waals surface area contributed by atoms with Crippen LogP contribution in [0.1, 0.15) is 50.7 Å². The maximum atomic E-state index is 3.51. The second-order valence-electron chi connectivity index (χ2n) is 5.95. The number of unbranched alkanes of at least 4 members (excludes halogenated alkanes) is 1. The van der Waals surface area contributed by atoms with Gasteiger partial charge in [0.05, 0.1) is 0 Å². The average Bonchev–Trinajstić information content (AvgIpc) is 2.46. The van der Waals surface area contributed by atoms with E-state index in [4.69, 9.17) is 0 Å². The van der Waals surface area contributed by atoms with Gasteiger partial charge in [0.1, 0.15) is 0 Å². The summed E-state index contributed by atoms with van der Waals surface area (Å²) in [5.74, 6) is 0.599. The Hall–Kier alpha value is -1.34. The predicted octanol–water partition coefficient (Wildman–Crippen LogP) is 4.90. The fraction of sp³-hybridized carbons (Fsp3) is 0.474. The molecule has 0 radical (unpaired) electrons. The summed E-state index contributed by atoms with van der Waals surface area (Å²) < 4.78 is 0. The molecule has 0 saturated heterocycles. The van der Waals surface area contributed by atoms with Crippen molar-refractivity contribution in [2.45, 2.75) is 46.0 Å². The highest BCUT2D eigenvalue weighted by molar-refractivity contribution is 5.84. The maximum absolute atomic E-state index is 3.51. The van der Waals surface area contributed by atoms with Crippen LogP contribution in [0.15, 0.2) is 36.4 Å². The van der Waals surface area contributed by atoms with Crippen molar-refractivity contribution in [3.05, 3.63) is 47.5 Å². The normalized spacial score (nSPS) is 11.4. The Kier molecular flexibility index (Phi) is 5.60. The van der Waals surface area contributed by atoms with Crippen molar-refractivity contribution in [1.29, 1.82) is 0 Å². The fourth-order valence-corrected chi connectivity index (χ4v) is 2.49. The molecule has 1 heteroatoms. The average molecular weight is 269 g/mol. The summed E-state index contributed by atoms with van der Waals surface area (Å²) in [7, 11) is 0. The molecule has 108 valence electrons. The molecule has 0 spiro atoms. The van der Waals surface area contributed by atoms with E-state index in [2.05, 4.69) is 62.5 Å². The number of hydrogen-bond acceptors (Lipinski definition) is 1. The molecule has 2 aromatic rings. The first-order valence-corrected chi connectivity index (χ1v) is 7.94. The lowest BCUT2D eigenvalue weighted by Crippen LogP contribution is -2.18. The summed E-state index contributed by atoms with van der Waals surface area (Å²) in [5.41, 5.74) is 2.85. The number of fused-ring (bicyclic) bond motifs is 1. The van der Waals surface area contributed by atoms with Crippen LogP contribution in [-0.4, -0.2) is 13.1 Å². The van der Waals surface area contributed by atoms with Crippen molar-refractivity contribution in [3.8, 4) is 0 Å². The molecule has 0 aromatic heterocycles. The molecular weight excluding hydrogens is 242 g/mol. The zero-order chi connectivity index (χ0) is 14.4. The fourth-order valence-electron chi connectivity index (χ4n) is 2.49. The largest absolute Gasteiger partial charge is 0.316 e. The van der Waals surface area contributed by atoms with Gasteiger partial charge in [0.15, 0.2) is 0 Å². The van der Waals surface area contributed by atoms with E-state index >= 15 is 0 Å². The third kappa shape index (κ3) is 4.08. The molecule has 20 heavy (non-hydrogen) atoms. The lowest BCUT2D eigenvalue weighted by atomic mass is 9.98. The Bertz CT molecular complexity index is 542. The molecule has 1 N–H and O–H groups in total. The van der Waals surface area contributed by atoms with Gasteiger partial charge in [-0.3, -0.25) is 0 Å². The van der Waals surface area contributed by atoms with Gasteiger partial charge in [-0.1, -0.05) is 63.6 Å². The van der Waals surface area contributed by atoms with Gasteiger partial charge < -0.3 is 5.32 Å². The van der Waals surface area contributed by atoms with Crippen molar-refractivity contribution in [1.82, 2.24) is 5.32 Å². The summed E-state index contributed by atoms with van der Waals surface area (Å²) in [6.07, 6.45) is 3.66. The number of rotatable bonds is 7. The smallest absolute Gasteiger partial charge is 0.000835 e. The molecule has 2 rings (SSSR count). The van der Waals surface area contributed by atoms with E-state index in [1.165, 1.54) is 34.7 Å². The van der Waals surface area contributed by atoms with E-state index in [-0.39, 0.29) is 0 Å². The van der Waals surface area contributed by atoms with Crippen LogP contribution in [0.2, 0.25) is 0 Å². The van der Waals surface area contributed by atoms with Crippen LogP contribution in [-0.2, 0) is 6.42 Å². The molecule has 0 unspecified atom stereocenters. The molecule has 0 heterocycles. The van der Waals surface area contributed by atoms with Crippen molar-refractivity contribution >= 4 is 10.8 Å². The highest BCUT2D eigenvalue weighted by atomic mass is 14.8. The van der Waals surface area contributed by atoms with Crippen LogP contribution in [0.25, 0.3) is 10.8 Å². The summed E-state index contributed by atoms with van der Waals surface area (Å²) >= 11 is 0. The minimum Gasteiger partial charge on any atom is -0.316 e. The zero-order valence-corrected chi connectivity index (χ0v) is 13.1. The standard InChI is InChI=1S/C19H27N/c1-4-5-11-20-12-10-16-6-7-19-14-17(15(2)3)8-9-18(19)13-16/h6-9,13-15,20H,4-5,10-12H2,1-3H3. The Morgan fingerprint density at radius 1 is 0.950 bits per heavy atom. The molecule has 0 aliphatic rings. The summed E-state index contributed by atoms with van der Waals surface area (Å²) in [5, 5.41) is 6.23. The Morgan fingerprint density at radius 2 is 1.70 bits per heavy atom. The van der Waals surface area contributed by atoms with E-state index in [1.54, 1.807) is 0 Å². The first kappa shape index (κ1) is 15.1. The Labute approximate surface area is 123 Å². The van der Waals surface area contributed by atoms with E-state index in [9.17, 15) is 0 Å².